The van der Waals surface area contributed by atoms with Gasteiger partial charge in [-0.15, -0.1) is 5.17 Å². The van der Waals surface area contributed by atoms with Crippen LogP contribution in [0, 0.1) is 0 Å². The number of hydrazine groups is 1. The Morgan fingerprint density at radius 1 is 1.00 bits per heavy atom. The Morgan fingerprint density at radius 2 is 1.50 bits per heavy atom. The molecule has 0 unspecified atom stereocenters. The Morgan fingerprint density at radius 3 is 1.60 bits per heavy atom. The zero-order valence-corrected chi connectivity index (χ0v) is 7.42. The van der Waals surface area contributed by atoms with E-state index in [1.165, 1.54) is 0 Å². The molecule has 3 nitrogen and oxygen atoms in total. The maximum absolute atomic E-state index is 5.10. The fourth-order valence-corrected chi connectivity index (χ4v) is 0.984. The van der Waals surface area contributed by atoms with E-state index in [0.717, 1.165) is 19.6 Å². The molecule has 0 radical (unpaired) electrons. The van der Waals surface area contributed by atoms with Crippen molar-refractivity contribution in [3.05, 3.63) is 0 Å². The summed E-state index contributed by atoms with van der Waals surface area (Å²) < 4.78 is 0. The van der Waals surface area contributed by atoms with E-state index in [9.17, 15) is 0 Å². The van der Waals surface area contributed by atoms with Crippen molar-refractivity contribution in [2.24, 2.45) is 0 Å². The molecule has 0 amide bonds. The van der Waals surface area contributed by atoms with Gasteiger partial charge in [0, 0.05) is 19.6 Å². The fraction of sp³-hybridized carbons (Fsp3) is 1.00. The first-order chi connectivity index (χ1) is 4.79. The molecule has 0 saturated carbocycles. The van der Waals surface area contributed by atoms with Crippen molar-refractivity contribution >= 4 is 0 Å². The monoisotopic (exact) mass is 146 g/mol. The quantitative estimate of drug-likeness (QED) is 0.541. The minimum Gasteiger partial charge on any atom is -0.287 e. The third-order valence-electron chi connectivity index (χ3n) is 1.53. The lowest BCUT2D eigenvalue weighted by Gasteiger charge is -2.29. The first-order valence-corrected chi connectivity index (χ1v) is 3.86. The Labute approximate surface area is 63.5 Å². The van der Waals surface area contributed by atoms with Crippen molar-refractivity contribution in [3.8, 4) is 0 Å². The highest BCUT2D eigenvalue weighted by Gasteiger charge is 2.06. The van der Waals surface area contributed by atoms with Crippen LogP contribution in [0.4, 0.5) is 0 Å². The molecule has 10 heavy (non-hydrogen) atoms. The molecule has 0 rings (SSSR count). The lowest BCUT2D eigenvalue weighted by molar-refractivity contribution is -0.262. The first kappa shape index (κ1) is 9.88. The average molecular weight is 146 g/mol. The van der Waals surface area contributed by atoms with E-state index >= 15 is 0 Å². The van der Waals surface area contributed by atoms with Crippen molar-refractivity contribution in [1.29, 1.82) is 0 Å². The standard InChI is InChI=1S/C7H18N2O/c1-5-8(6-2)9(7-3)10-4/h5-7H2,1-4H3. The molecule has 0 spiro atoms. The van der Waals surface area contributed by atoms with Crippen molar-refractivity contribution < 1.29 is 4.84 Å². The summed E-state index contributed by atoms with van der Waals surface area (Å²) in [5.41, 5.74) is 0. The first-order valence-electron chi connectivity index (χ1n) is 3.86. The molecular weight excluding hydrogens is 128 g/mol. The Hall–Kier alpha value is -0.120. The molecule has 62 valence electrons. The number of nitrogens with zero attached hydrogens (tertiary/aromatic N) is 2. The Balaban J connectivity index is 3.70. The predicted molar refractivity (Wildman–Crippen MR) is 42.3 cm³/mol. The Bertz CT molecular complexity index is 60.0. The molecule has 0 N–H and O–H groups in total. The number of hydrogen-bond donors (Lipinski definition) is 0. The largest absolute Gasteiger partial charge is 0.287 e. The van der Waals surface area contributed by atoms with Crippen molar-refractivity contribution in [2.75, 3.05) is 26.7 Å². The molecule has 0 fully saturated rings. The zero-order chi connectivity index (χ0) is 7.98. The van der Waals surface area contributed by atoms with E-state index in [1.807, 2.05) is 5.17 Å². The van der Waals surface area contributed by atoms with Gasteiger partial charge in [0.25, 0.3) is 0 Å². The van der Waals surface area contributed by atoms with E-state index in [4.69, 9.17) is 4.84 Å². The van der Waals surface area contributed by atoms with Gasteiger partial charge in [0.05, 0.1) is 7.11 Å². The smallest absolute Gasteiger partial charge is 0.0591 e. The maximum atomic E-state index is 5.10. The van der Waals surface area contributed by atoms with Crippen LogP contribution in [0.5, 0.6) is 0 Å². The second-order valence-electron chi connectivity index (χ2n) is 1.99. The van der Waals surface area contributed by atoms with Crippen LogP contribution in [0.1, 0.15) is 20.8 Å². The number of hydroxylamine groups is 1. The van der Waals surface area contributed by atoms with E-state index in [2.05, 4.69) is 25.8 Å². The van der Waals surface area contributed by atoms with Gasteiger partial charge >= 0.3 is 0 Å². The van der Waals surface area contributed by atoms with Gasteiger partial charge in [-0.25, -0.2) is 5.01 Å². The van der Waals surface area contributed by atoms with Crippen LogP contribution < -0.4 is 0 Å². The molecule has 0 heterocycles. The van der Waals surface area contributed by atoms with Gasteiger partial charge in [-0.3, -0.25) is 4.84 Å². The molecular formula is C7H18N2O. The summed E-state index contributed by atoms with van der Waals surface area (Å²) >= 11 is 0. The van der Waals surface area contributed by atoms with Gasteiger partial charge in [-0.05, 0) is 6.92 Å². The summed E-state index contributed by atoms with van der Waals surface area (Å²) in [4.78, 5) is 5.10. The van der Waals surface area contributed by atoms with Gasteiger partial charge in [-0.2, -0.15) is 0 Å². The topological polar surface area (TPSA) is 15.7 Å². The molecule has 0 aliphatic carbocycles. The molecule has 0 aromatic heterocycles. The maximum Gasteiger partial charge on any atom is 0.0591 e. The van der Waals surface area contributed by atoms with E-state index in [-0.39, 0.29) is 0 Å². The van der Waals surface area contributed by atoms with Gasteiger partial charge in [0.1, 0.15) is 0 Å². The van der Waals surface area contributed by atoms with E-state index in [0.29, 0.717) is 0 Å². The average Bonchev–Trinajstić information content (AvgIpc) is 2.00. The molecule has 0 aliphatic heterocycles. The second kappa shape index (κ2) is 5.65. The lowest BCUT2D eigenvalue weighted by atomic mass is 10.6. The highest BCUT2D eigenvalue weighted by molar-refractivity contribution is 4.40. The van der Waals surface area contributed by atoms with Crippen LogP contribution in [0.15, 0.2) is 0 Å². The molecule has 0 bridgehead atoms. The third-order valence-corrected chi connectivity index (χ3v) is 1.53. The predicted octanol–water partition coefficient (Wildman–Crippen LogP) is 1.13. The second-order valence-corrected chi connectivity index (χ2v) is 1.99. The van der Waals surface area contributed by atoms with Crippen LogP contribution in [0.3, 0.4) is 0 Å². The van der Waals surface area contributed by atoms with E-state index in [1.54, 1.807) is 7.11 Å². The molecule has 3 heteroatoms. The van der Waals surface area contributed by atoms with Crippen molar-refractivity contribution in [2.45, 2.75) is 20.8 Å². The third kappa shape index (κ3) is 2.64. The summed E-state index contributed by atoms with van der Waals surface area (Å²) in [6, 6.07) is 0. The zero-order valence-electron chi connectivity index (χ0n) is 7.42. The highest BCUT2D eigenvalue weighted by Crippen LogP contribution is 1.95. The minimum absolute atomic E-state index is 0.901. The van der Waals surface area contributed by atoms with E-state index < -0.39 is 0 Å². The SMILES string of the molecule is CCN(CC)N(CC)OC. The van der Waals surface area contributed by atoms with Crippen molar-refractivity contribution in [3.63, 3.8) is 0 Å². The Kier molecular flexibility index (Phi) is 5.58. The number of hydrogen-bond acceptors (Lipinski definition) is 3. The van der Waals surface area contributed by atoms with Gasteiger partial charge < -0.3 is 0 Å². The minimum atomic E-state index is 0.901. The fourth-order valence-electron chi connectivity index (χ4n) is 0.984. The van der Waals surface area contributed by atoms with Crippen LogP contribution in [-0.4, -0.2) is 36.9 Å². The summed E-state index contributed by atoms with van der Waals surface area (Å²) in [5, 5.41) is 4.00. The molecule has 0 aromatic rings. The number of rotatable bonds is 5. The highest BCUT2D eigenvalue weighted by atomic mass is 16.7. The van der Waals surface area contributed by atoms with Gasteiger partial charge in [0.2, 0.25) is 0 Å². The van der Waals surface area contributed by atoms with Crippen LogP contribution in [0.25, 0.3) is 0 Å². The summed E-state index contributed by atoms with van der Waals surface area (Å²) in [6.07, 6.45) is 0. The molecule has 0 saturated heterocycles. The molecule has 0 atom stereocenters. The van der Waals surface area contributed by atoms with Crippen LogP contribution >= 0.6 is 0 Å². The van der Waals surface area contributed by atoms with Gasteiger partial charge in [0.15, 0.2) is 0 Å². The lowest BCUT2D eigenvalue weighted by Crippen LogP contribution is -2.41. The van der Waals surface area contributed by atoms with Crippen LogP contribution in [0.2, 0.25) is 0 Å². The summed E-state index contributed by atoms with van der Waals surface area (Å²) in [5.74, 6) is 0. The molecule has 0 aromatic carbocycles. The van der Waals surface area contributed by atoms with Crippen LogP contribution in [-0.2, 0) is 4.84 Å². The van der Waals surface area contributed by atoms with Crippen molar-refractivity contribution in [1.82, 2.24) is 10.2 Å². The summed E-state index contributed by atoms with van der Waals surface area (Å²) in [7, 11) is 1.70. The summed E-state index contributed by atoms with van der Waals surface area (Å²) in [6.45, 7) is 9.20. The normalized spacial score (nSPS) is 11.4. The van der Waals surface area contributed by atoms with Gasteiger partial charge in [-0.1, -0.05) is 13.8 Å². The molecule has 0 aliphatic rings.